The van der Waals surface area contributed by atoms with Crippen LogP contribution in [0.3, 0.4) is 0 Å². The smallest absolute Gasteiger partial charge is 0.242 e. The first-order valence-corrected chi connectivity index (χ1v) is 8.46. The van der Waals surface area contributed by atoms with Crippen molar-refractivity contribution in [3.63, 3.8) is 0 Å². The Morgan fingerprint density at radius 3 is 2.90 bits per heavy atom. The Hall–Kier alpha value is -0.820. The van der Waals surface area contributed by atoms with Gasteiger partial charge in [-0.2, -0.15) is 0 Å². The van der Waals surface area contributed by atoms with Gasteiger partial charge in [0.1, 0.15) is 4.90 Å². The monoisotopic (exact) mass is 318 g/mol. The van der Waals surface area contributed by atoms with Crippen LogP contribution in [0.2, 0.25) is 5.02 Å². The van der Waals surface area contributed by atoms with E-state index in [9.17, 15) is 8.42 Å². The Balaban J connectivity index is 2.07. The van der Waals surface area contributed by atoms with E-state index < -0.39 is 10.0 Å². The first-order chi connectivity index (χ1) is 9.44. The molecule has 3 N–H and O–H groups in total. The molecule has 1 heterocycles. The number of nitrogen functional groups attached to an aromatic ring is 1. The highest BCUT2D eigenvalue weighted by atomic mass is 35.5. The Morgan fingerprint density at radius 2 is 2.25 bits per heavy atom. The van der Waals surface area contributed by atoms with Gasteiger partial charge in [0.05, 0.1) is 11.1 Å². The van der Waals surface area contributed by atoms with Crippen molar-refractivity contribution in [2.45, 2.75) is 30.8 Å². The third-order valence-corrected chi connectivity index (χ3v) is 5.44. The summed E-state index contributed by atoms with van der Waals surface area (Å²) in [6.07, 6.45) is 1.88. The molecule has 0 aliphatic carbocycles. The summed E-state index contributed by atoms with van der Waals surface area (Å²) >= 11 is 5.94. The summed E-state index contributed by atoms with van der Waals surface area (Å²) in [7, 11) is -3.62. The fraction of sp³-hybridized carbons (Fsp3) is 0.538. The number of benzene rings is 1. The maximum atomic E-state index is 12.2. The van der Waals surface area contributed by atoms with Crippen LogP contribution in [0.1, 0.15) is 19.8 Å². The van der Waals surface area contributed by atoms with Crippen LogP contribution in [0.25, 0.3) is 0 Å². The van der Waals surface area contributed by atoms with Gasteiger partial charge in [0, 0.05) is 24.8 Å². The Morgan fingerprint density at radius 1 is 1.50 bits per heavy atom. The quantitative estimate of drug-likeness (QED) is 0.814. The number of ether oxygens (including phenoxy) is 1. The minimum atomic E-state index is -3.62. The van der Waals surface area contributed by atoms with Crippen LogP contribution in [0, 0.1) is 5.92 Å². The zero-order valence-electron chi connectivity index (χ0n) is 11.3. The molecule has 1 aliphatic heterocycles. The number of hydrogen-bond acceptors (Lipinski definition) is 4. The van der Waals surface area contributed by atoms with Crippen molar-refractivity contribution in [2.75, 3.05) is 18.9 Å². The van der Waals surface area contributed by atoms with E-state index in [-0.39, 0.29) is 21.9 Å². The average Bonchev–Trinajstić information content (AvgIpc) is 2.83. The summed E-state index contributed by atoms with van der Waals surface area (Å²) in [6.45, 7) is 3.09. The summed E-state index contributed by atoms with van der Waals surface area (Å²) in [5, 5.41) is 0.132. The average molecular weight is 319 g/mol. The molecular weight excluding hydrogens is 300 g/mol. The summed E-state index contributed by atoms with van der Waals surface area (Å²) in [4.78, 5) is 0.0559. The van der Waals surface area contributed by atoms with Crippen LogP contribution in [-0.2, 0) is 14.8 Å². The van der Waals surface area contributed by atoms with E-state index in [0.29, 0.717) is 18.8 Å². The summed E-state index contributed by atoms with van der Waals surface area (Å²) in [5.74, 6) is 0.210. The zero-order chi connectivity index (χ0) is 14.8. The van der Waals surface area contributed by atoms with E-state index in [2.05, 4.69) is 4.72 Å². The summed E-state index contributed by atoms with van der Waals surface area (Å²) in [5.41, 5.74) is 6.00. The molecule has 2 unspecified atom stereocenters. The molecule has 7 heteroatoms. The SMILES string of the molecule is CCC1OCCC1CNS(=O)(=O)c1ccc(N)cc1Cl. The van der Waals surface area contributed by atoms with Gasteiger partial charge in [-0.25, -0.2) is 13.1 Å². The van der Waals surface area contributed by atoms with Crippen LogP contribution >= 0.6 is 11.6 Å². The second-order valence-electron chi connectivity index (χ2n) is 4.91. The molecule has 0 aromatic heterocycles. The molecule has 0 spiro atoms. The van der Waals surface area contributed by atoms with Crippen molar-refractivity contribution in [3.8, 4) is 0 Å². The first kappa shape index (κ1) is 15.6. The van der Waals surface area contributed by atoms with Crippen molar-refractivity contribution < 1.29 is 13.2 Å². The molecule has 20 heavy (non-hydrogen) atoms. The standard InChI is InChI=1S/C13H19ClN2O3S/c1-2-12-9(5-6-19-12)8-16-20(17,18)13-4-3-10(15)7-11(13)14/h3-4,7,9,12,16H,2,5-6,8,15H2,1H3. The van der Waals surface area contributed by atoms with E-state index >= 15 is 0 Å². The van der Waals surface area contributed by atoms with Gasteiger partial charge in [-0.15, -0.1) is 0 Å². The number of rotatable bonds is 5. The van der Waals surface area contributed by atoms with Crippen molar-refractivity contribution in [2.24, 2.45) is 5.92 Å². The zero-order valence-corrected chi connectivity index (χ0v) is 12.9. The molecule has 0 amide bonds. The molecule has 112 valence electrons. The molecule has 1 aromatic carbocycles. The normalized spacial score (nSPS) is 23.1. The molecule has 5 nitrogen and oxygen atoms in total. The van der Waals surface area contributed by atoms with Gasteiger partial charge in [0.2, 0.25) is 10.0 Å². The van der Waals surface area contributed by atoms with Crippen molar-refractivity contribution in [3.05, 3.63) is 23.2 Å². The number of halogens is 1. The lowest BCUT2D eigenvalue weighted by Gasteiger charge is -2.17. The molecule has 1 aromatic rings. The molecule has 2 rings (SSSR count). The Kier molecular flexibility index (Phi) is 4.90. The predicted molar refractivity (Wildman–Crippen MR) is 79.2 cm³/mol. The molecule has 0 radical (unpaired) electrons. The summed E-state index contributed by atoms with van der Waals surface area (Å²) in [6, 6.07) is 4.38. The lowest BCUT2D eigenvalue weighted by Crippen LogP contribution is -2.32. The fourth-order valence-electron chi connectivity index (χ4n) is 2.41. The maximum Gasteiger partial charge on any atom is 0.242 e. The predicted octanol–water partition coefficient (Wildman–Crippen LogP) is 2.02. The molecule has 1 fully saturated rings. The minimum absolute atomic E-state index is 0.0559. The summed E-state index contributed by atoms with van der Waals surface area (Å²) < 4.78 is 32.6. The van der Waals surface area contributed by atoms with Gasteiger partial charge >= 0.3 is 0 Å². The molecule has 0 saturated carbocycles. The first-order valence-electron chi connectivity index (χ1n) is 6.60. The third-order valence-electron chi connectivity index (χ3n) is 3.53. The van der Waals surface area contributed by atoms with E-state index in [1.165, 1.54) is 18.2 Å². The third kappa shape index (κ3) is 3.44. The Bertz CT molecular complexity index is 577. The van der Waals surface area contributed by atoms with Crippen LogP contribution in [-0.4, -0.2) is 27.7 Å². The minimum Gasteiger partial charge on any atom is -0.399 e. The van der Waals surface area contributed by atoms with Gasteiger partial charge in [-0.3, -0.25) is 0 Å². The molecule has 1 saturated heterocycles. The van der Waals surface area contributed by atoms with Crippen LogP contribution in [0.4, 0.5) is 5.69 Å². The van der Waals surface area contributed by atoms with Gasteiger partial charge in [-0.05, 0) is 31.0 Å². The molecule has 2 atom stereocenters. The second kappa shape index (κ2) is 6.30. The van der Waals surface area contributed by atoms with Crippen LogP contribution in [0.15, 0.2) is 23.1 Å². The highest BCUT2D eigenvalue weighted by molar-refractivity contribution is 7.89. The van der Waals surface area contributed by atoms with Crippen LogP contribution < -0.4 is 10.5 Å². The molecule has 1 aliphatic rings. The number of nitrogens with two attached hydrogens (primary N) is 1. The fourth-order valence-corrected chi connectivity index (χ4v) is 4.05. The van der Waals surface area contributed by atoms with Gasteiger partial charge in [0.15, 0.2) is 0 Å². The van der Waals surface area contributed by atoms with Gasteiger partial charge in [0.25, 0.3) is 0 Å². The molecular formula is C13H19ClN2O3S. The highest BCUT2D eigenvalue weighted by Crippen LogP contribution is 2.26. The van der Waals surface area contributed by atoms with E-state index in [1.807, 2.05) is 6.92 Å². The van der Waals surface area contributed by atoms with Crippen molar-refractivity contribution in [1.29, 1.82) is 0 Å². The van der Waals surface area contributed by atoms with E-state index in [0.717, 1.165) is 12.8 Å². The maximum absolute atomic E-state index is 12.2. The van der Waals surface area contributed by atoms with Gasteiger partial charge in [-0.1, -0.05) is 18.5 Å². The largest absolute Gasteiger partial charge is 0.399 e. The number of anilines is 1. The Labute approximate surface area is 124 Å². The topological polar surface area (TPSA) is 81.4 Å². The van der Waals surface area contributed by atoms with E-state index in [4.69, 9.17) is 22.1 Å². The number of sulfonamides is 1. The van der Waals surface area contributed by atoms with Crippen LogP contribution in [0.5, 0.6) is 0 Å². The van der Waals surface area contributed by atoms with E-state index in [1.54, 1.807) is 0 Å². The second-order valence-corrected chi connectivity index (χ2v) is 7.05. The van der Waals surface area contributed by atoms with Crippen molar-refractivity contribution >= 4 is 27.3 Å². The highest BCUT2D eigenvalue weighted by Gasteiger charge is 2.28. The van der Waals surface area contributed by atoms with Crippen molar-refractivity contribution in [1.82, 2.24) is 4.72 Å². The number of hydrogen-bond donors (Lipinski definition) is 2. The molecule has 0 bridgehead atoms. The number of nitrogens with one attached hydrogen (secondary N) is 1. The van der Waals surface area contributed by atoms with Gasteiger partial charge < -0.3 is 10.5 Å². The lowest BCUT2D eigenvalue weighted by atomic mass is 10.0. The lowest BCUT2D eigenvalue weighted by molar-refractivity contribution is 0.0884.